The molecule has 0 aliphatic heterocycles. The van der Waals surface area contributed by atoms with E-state index in [1.54, 1.807) is 24.3 Å². The fourth-order valence-electron chi connectivity index (χ4n) is 1.41. The Morgan fingerprint density at radius 1 is 1.53 bits per heavy atom. The van der Waals surface area contributed by atoms with Gasteiger partial charge < -0.3 is 5.32 Å². The van der Waals surface area contributed by atoms with Crippen LogP contribution in [-0.2, 0) is 0 Å². The van der Waals surface area contributed by atoms with E-state index in [0.29, 0.717) is 11.1 Å². The summed E-state index contributed by atoms with van der Waals surface area (Å²) < 4.78 is 0. The van der Waals surface area contributed by atoms with Gasteiger partial charge >= 0.3 is 0 Å². The lowest BCUT2D eigenvalue weighted by Gasteiger charge is -2.25. The number of halogens is 1. The summed E-state index contributed by atoms with van der Waals surface area (Å²) in [6, 6.07) is 8.72. The van der Waals surface area contributed by atoms with Gasteiger partial charge in [-0.25, -0.2) is 0 Å². The first-order valence-corrected chi connectivity index (χ1v) is 6.49. The van der Waals surface area contributed by atoms with Gasteiger partial charge in [0.2, 0.25) is 0 Å². The van der Waals surface area contributed by atoms with Gasteiger partial charge in [-0.05, 0) is 38.5 Å². The third-order valence-electron chi connectivity index (χ3n) is 2.43. The Bertz CT molecular complexity index is 449. The SMILES string of the molecule is CC(C)(CCBr)NC(=O)c1cccc(C#N)c1. The number of carbonyl (C=O) groups is 1. The number of nitrogens with one attached hydrogen (secondary N) is 1. The third kappa shape index (κ3) is 4.20. The van der Waals surface area contributed by atoms with Crippen LogP contribution >= 0.6 is 15.9 Å². The minimum atomic E-state index is -0.261. The molecule has 0 fully saturated rings. The number of benzene rings is 1. The van der Waals surface area contributed by atoms with Crippen molar-refractivity contribution in [3.05, 3.63) is 35.4 Å². The van der Waals surface area contributed by atoms with Crippen molar-refractivity contribution in [1.29, 1.82) is 5.26 Å². The zero-order chi connectivity index (χ0) is 12.9. The highest BCUT2D eigenvalue weighted by Gasteiger charge is 2.20. The number of carbonyl (C=O) groups excluding carboxylic acids is 1. The third-order valence-corrected chi connectivity index (χ3v) is 2.82. The lowest BCUT2D eigenvalue weighted by Crippen LogP contribution is -2.43. The summed E-state index contributed by atoms with van der Waals surface area (Å²) in [5, 5.41) is 12.6. The molecule has 0 saturated heterocycles. The quantitative estimate of drug-likeness (QED) is 0.868. The lowest BCUT2D eigenvalue weighted by atomic mass is 10.0. The Hall–Kier alpha value is -1.34. The van der Waals surface area contributed by atoms with E-state index in [1.807, 2.05) is 19.9 Å². The molecule has 4 heteroatoms. The first-order valence-electron chi connectivity index (χ1n) is 5.37. The van der Waals surface area contributed by atoms with Crippen molar-refractivity contribution in [3.63, 3.8) is 0 Å². The molecule has 0 bridgehead atoms. The molecule has 0 atom stereocenters. The average Bonchev–Trinajstić information content (AvgIpc) is 2.28. The van der Waals surface area contributed by atoms with Crippen LogP contribution in [0.5, 0.6) is 0 Å². The normalized spacial score (nSPS) is 10.7. The van der Waals surface area contributed by atoms with Crippen LogP contribution in [0.25, 0.3) is 0 Å². The highest BCUT2D eigenvalue weighted by Crippen LogP contribution is 2.12. The second-order valence-corrected chi connectivity index (χ2v) is 5.26. The summed E-state index contributed by atoms with van der Waals surface area (Å²) in [7, 11) is 0. The molecule has 1 aromatic carbocycles. The van der Waals surface area contributed by atoms with Gasteiger partial charge in [-0.2, -0.15) is 5.26 Å². The number of hydrogen-bond acceptors (Lipinski definition) is 2. The van der Waals surface area contributed by atoms with Crippen molar-refractivity contribution in [1.82, 2.24) is 5.32 Å². The van der Waals surface area contributed by atoms with Crippen LogP contribution in [0.1, 0.15) is 36.2 Å². The van der Waals surface area contributed by atoms with Gasteiger partial charge in [0.15, 0.2) is 0 Å². The molecule has 3 nitrogen and oxygen atoms in total. The number of hydrogen-bond donors (Lipinski definition) is 1. The molecule has 0 aliphatic carbocycles. The predicted molar refractivity (Wildman–Crippen MR) is 71.1 cm³/mol. The second kappa shape index (κ2) is 5.83. The highest BCUT2D eigenvalue weighted by atomic mass is 79.9. The Morgan fingerprint density at radius 3 is 2.82 bits per heavy atom. The maximum atomic E-state index is 12.0. The second-order valence-electron chi connectivity index (χ2n) is 4.47. The minimum absolute atomic E-state index is 0.145. The van der Waals surface area contributed by atoms with Crippen LogP contribution < -0.4 is 5.32 Å². The number of nitriles is 1. The fraction of sp³-hybridized carbons (Fsp3) is 0.385. The molecule has 0 unspecified atom stereocenters. The molecule has 0 aliphatic rings. The van der Waals surface area contributed by atoms with E-state index in [9.17, 15) is 4.79 Å². The minimum Gasteiger partial charge on any atom is -0.347 e. The monoisotopic (exact) mass is 294 g/mol. The number of amides is 1. The predicted octanol–water partition coefficient (Wildman–Crippen LogP) is 2.85. The van der Waals surface area contributed by atoms with Crippen molar-refractivity contribution in [2.24, 2.45) is 0 Å². The largest absolute Gasteiger partial charge is 0.347 e. The van der Waals surface area contributed by atoms with Crippen LogP contribution in [0, 0.1) is 11.3 Å². The maximum absolute atomic E-state index is 12.0. The molecule has 1 amide bonds. The van der Waals surface area contributed by atoms with Crippen molar-refractivity contribution in [2.45, 2.75) is 25.8 Å². The van der Waals surface area contributed by atoms with Crippen molar-refractivity contribution in [2.75, 3.05) is 5.33 Å². The first kappa shape index (κ1) is 13.7. The average molecular weight is 295 g/mol. The van der Waals surface area contributed by atoms with Crippen LogP contribution in [0.3, 0.4) is 0 Å². The molecular formula is C13H15BrN2O. The number of nitrogens with zero attached hydrogens (tertiary/aromatic N) is 1. The van der Waals surface area contributed by atoms with E-state index >= 15 is 0 Å². The molecule has 17 heavy (non-hydrogen) atoms. The van der Waals surface area contributed by atoms with Gasteiger partial charge in [0.1, 0.15) is 0 Å². The molecule has 0 heterocycles. The van der Waals surface area contributed by atoms with Crippen molar-refractivity contribution >= 4 is 21.8 Å². The van der Waals surface area contributed by atoms with Gasteiger partial charge in [0.25, 0.3) is 5.91 Å². The lowest BCUT2D eigenvalue weighted by molar-refractivity contribution is 0.0912. The molecule has 0 saturated carbocycles. The molecule has 0 spiro atoms. The van der Waals surface area contributed by atoms with Crippen LogP contribution in [0.15, 0.2) is 24.3 Å². The van der Waals surface area contributed by atoms with E-state index in [1.165, 1.54) is 0 Å². The van der Waals surface area contributed by atoms with Gasteiger partial charge in [0.05, 0.1) is 11.6 Å². The molecule has 1 aromatic rings. The van der Waals surface area contributed by atoms with Gasteiger partial charge in [0, 0.05) is 16.4 Å². The number of alkyl halides is 1. The highest BCUT2D eigenvalue weighted by molar-refractivity contribution is 9.09. The summed E-state index contributed by atoms with van der Waals surface area (Å²) in [5.74, 6) is -0.145. The zero-order valence-electron chi connectivity index (χ0n) is 9.96. The van der Waals surface area contributed by atoms with Crippen molar-refractivity contribution in [3.8, 4) is 6.07 Å². The van der Waals surface area contributed by atoms with Gasteiger partial charge in [-0.3, -0.25) is 4.79 Å². The summed E-state index contributed by atoms with van der Waals surface area (Å²) >= 11 is 3.36. The standard InChI is InChI=1S/C13H15BrN2O/c1-13(2,6-7-14)16-12(17)11-5-3-4-10(8-11)9-15/h3-5,8H,6-7H2,1-2H3,(H,16,17). The Morgan fingerprint density at radius 2 is 2.24 bits per heavy atom. The maximum Gasteiger partial charge on any atom is 0.251 e. The van der Waals surface area contributed by atoms with Crippen molar-refractivity contribution < 1.29 is 4.79 Å². The van der Waals surface area contributed by atoms with Crippen LogP contribution in [0.4, 0.5) is 0 Å². The number of rotatable bonds is 4. The summed E-state index contributed by atoms with van der Waals surface area (Å²) in [6.45, 7) is 3.95. The van der Waals surface area contributed by atoms with Gasteiger partial charge in [-0.1, -0.05) is 22.0 Å². The molecule has 1 N–H and O–H groups in total. The van der Waals surface area contributed by atoms with E-state index in [4.69, 9.17) is 5.26 Å². The Kier molecular flexibility index (Phi) is 4.71. The van der Waals surface area contributed by atoms with E-state index in [0.717, 1.165) is 11.8 Å². The molecular weight excluding hydrogens is 280 g/mol. The van der Waals surface area contributed by atoms with E-state index in [-0.39, 0.29) is 11.4 Å². The molecule has 90 valence electrons. The topological polar surface area (TPSA) is 52.9 Å². The molecule has 0 radical (unpaired) electrons. The zero-order valence-corrected chi connectivity index (χ0v) is 11.5. The van der Waals surface area contributed by atoms with Crippen LogP contribution in [-0.4, -0.2) is 16.8 Å². The molecule has 0 aromatic heterocycles. The smallest absolute Gasteiger partial charge is 0.251 e. The van der Waals surface area contributed by atoms with Gasteiger partial charge in [-0.15, -0.1) is 0 Å². The summed E-state index contributed by atoms with van der Waals surface area (Å²) in [6.07, 6.45) is 0.844. The van der Waals surface area contributed by atoms with E-state index in [2.05, 4.69) is 21.2 Å². The van der Waals surface area contributed by atoms with Crippen LogP contribution in [0.2, 0.25) is 0 Å². The summed E-state index contributed by atoms with van der Waals surface area (Å²) in [5.41, 5.74) is 0.756. The Labute approximate surface area is 110 Å². The van der Waals surface area contributed by atoms with E-state index < -0.39 is 0 Å². The molecule has 1 rings (SSSR count). The Balaban J connectivity index is 2.80. The summed E-state index contributed by atoms with van der Waals surface area (Å²) in [4.78, 5) is 12.0. The first-order chi connectivity index (χ1) is 7.98. The fourth-order valence-corrected chi connectivity index (χ4v) is 2.40.